The minimum atomic E-state index is -0.325. The summed E-state index contributed by atoms with van der Waals surface area (Å²) in [5, 5.41) is 5.96. The van der Waals surface area contributed by atoms with Crippen LogP contribution in [-0.4, -0.2) is 19.2 Å². The van der Waals surface area contributed by atoms with Gasteiger partial charge >= 0.3 is 6.03 Å². The molecule has 0 bridgehead atoms. The van der Waals surface area contributed by atoms with Gasteiger partial charge in [0.15, 0.2) is 0 Å². The summed E-state index contributed by atoms with van der Waals surface area (Å²) in [4.78, 5) is 11.7. The van der Waals surface area contributed by atoms with E-state index in [0.717, 1.165) is 17.7 Å². The van der Waals surface area contributed by atoms with Gasteiger partial charge in [-0.15, -0.1) is 6.58 Å². The van der Waals surface area contributed by atoms with E-state index in [2.05, 4.69) is 29.1 Å². The van der Waals surface area contributed by atoms with Crippen molar-refractivity contribution in [3.63, 3.8) is 0 Å². The third-order valence-electron chi connectivity index (χ3n) is 3.20. The second-order valence-corrected chi connectivity index (χ2v) is 5.49. The van der Waals surface area contributed by atoms with E-state index < -0.39 is 0 Å². The van der Waals surface area contributed by atoms with Crippen LogP contribution in [0.1, 0.15) is 5.56 Å². The summed E-state index contributed by atoms with van der Waals surface area (Å²) in [6.07, 6.45) is 2.58. The highest BCUT2D eigenvalue weighted by Gasteiger charge is 2.00. The van der Waals surface area contributed by atoms with Crippen LogP contribution in [0.5, 0.6) is 5.75 Å². The van der Waals surface area contributed by atoms with E-state index in [1.54, 1.807) is 24.3 Å². The van der Waals surface area contributed by atoms with Gasteiger partial charge < -0.3 is 15.4 Å². The van der Waals surface area contributed by atoms with Crippen molar-refractivity contribution in [2.24, 2.45) is 0 Å². The van der Waals surface area contributed by atoms with Crippen molar-refractivity contribution in [3.05, 3.63) is 71.8 Å². The van der Waals surface area contributed by atoms with Gasteiger partial charge in [-0.25, -0.2) is 4.79 Å². The molecule has 0 radical (unpaired) electrons. The number of hydrogen-bond acceptors (Lipinski definition) is 2. The number of amides is 2. The first-order valence-electron chi connectivity index (χ1n) is 7.77. The van der Waals surface area contributed by atoms with Gasteiger partial charge in [0.25, 0.3) is 0 Å². The van der Waals surface area contributed by atoms with Gasteiger partial charge in [0.05, 0.1) is 6.54 Å². The zero-order valence-electron chi connectivity index (χ0n) is 13.7. The molecular formula is C20H19ClN2O2. The lowest BCUT2D eigenvalue weighted by Crippen LogP contribution is -2.28. The van der Waals surface area contributed by atoms with Crippen molar-refractivity contribution in [3.8, 4) is 17.6 Å². The summed E-state index contributed by atoms with van der Waals surface area (Å²) in [5.74, 6) is 6.51. The molecule has 2 N–H and O–H groups in total. The van der Waals surface area contributed by atoms with E-state index in [9.17, 15) is 4.79 Å². The number of para-hydroxylation sites is 1. The van der Waals surface area contributed by atoms with Gasteiger partial charge in [0.2, 0.25) is 0 Å². The lowest BCUT2D eigenvalue weighted by atomic mass is 10.1. The Hall–Kier alpha value is -2.90. The normalized spacial score (nSPS) is 9.48. The number of urea groups is 1. The summed E-state index contributed by atoms with van der Waals surface area (Å²) in [7, 11) is 0. The predicted molar refractivity (Wildman–Crippen MR) is 102 cm³/mol. The summed E-state index contributed by atoms with van der Waals surface area (Å²) in [6.45, 7) is 4.22. The van der Waals surface area contributed by atoms with Crippen molar-refractivity contribution in [1.82, 2.24) is 5.32 Å². The maximum absolute atomic E-state index is 11.7. The van der Waals surface area contributed by atoms with Gasteiger partial charge in [0, 0.05) is 10.7 Å². The number of ether oxygens (including phenoxy) is 1. The van der Waals surface area contributed by atoms with E-state index in [1.807, 2.05) is 30.3 Å². The monoisotopic (exact) mass is 354 g/mol. The van der Waals surface area contributed by atoms with Crippen LogP contribution in [-0.2, 0) is 6.42 Å². The van der Waals surface area contributed by atoms with E-state index >= 15 is 0 Å². The molecule has 0 saturated carbocycles. The molecule has 5 heteroatoms. The number of benzene rings is 2. The highest BCUT2D eigenvalue weighted by Crippen LogP contribution is 2.18. The molecule has 0 saturated heterocycles. The number of carbonyl (C=O) groups is 1. The van der Waals surface area contributed by atoms with Crippen molar-refractivity contribution in [2.45, 2.75) is 6.42 Å². The molecule has 0 fully saturated rings. The Kier molecular flexibility index (Phi) is 7.42. The average Bonchev–Trinajstić information content (AvgIpc) is 2.61. The maximum Gasteiger partial charge on any atom is 0.319 e. The molecule has 0 heterocycles. The molecule has 0 aliphatic rings. The minimum absolute atomic E-state index is 0.233. The third kappa shape index (κ3) is 6.62. The van der Waals surface area contributed by atoms with Gasteiger partial charge in [0.1, 0.15) is 12.4 Å². The smallest absolute Gasteiger partial charge is 0.319 e. The quantitative estimate of drug-likeness (QED) is 0.601. The lowest BCUT2D eigenvalue weighted by Gasteiger charge is -2.07. The van der Waals surface area contributed by atoms with Crippen LogP contribution in [0.25, 0.3) is 0 Å². The Morgan fingerprint density at radius 2 is 1.92 bits per heavy atom. The second kappa shape index (κ2) is 10.1. The van der Waals surface area contributed by atoms with E-state index in [1.165, 1.54) is 0 Å². The molecule has 0 aromatic heterocycles. The fourth-order valence-electron chi connectivity index (χ4n) is 2.03. The number of hydrogen-bond donors (Lipinski definition) is 2. The molecule has 2 amide bonds. The van der Waals surface area contributed by atoms with Crippen LogP contribution in [0.2, 0.25) is 5.02 Å². The Morgan fingerprint density at radius 1 is 1.16 bits per heavy atom. The largest absolute Gasteiger partial charge is 0.481 e. The number of nitrogens with one attached hydrogen (secondary N) is 2. The minimum Gasteiger partial charge on any atom is -0.481 e. The maximum atomic E-state index is 11.7. The van der Waals surface area contributed by atoms with Crippen molar-refractivity contribution < 1.29 is 9.53 Å². The molecular weight excluding hydrogens is 336 g/mol. The summed E-state index contributed by atoms with van der Waals surface area (Å²) < 4.78 is 5.64. The molecule has 2 aromatic rings. The zero-order chi connectivity index (χ0) is 17.9. The van der Waals surface area contributed by atoms with Crippen molar-refractivity contribution in [2.75, 3.05) is 18.5 Å². The van der Waals surface area contributed by atoms with Crippen LogP contribution < -0.4 is 15.4 Å². The van der Waals surface area contributed by atoms with Crippen LogP contribution >= 0.6 is 11.6 Å². The highest BCUT2D eigenvalue weighted by molar-refractivity contribution is 6.30. The number of anilines is 1. The van der Waals surface area contributed by atoms with Crippen LogP contribution in [0, 0.1) is 11.8 Å². The third-order valence-corrected chi connectivity index (χ3v) is 3.45. The summed E-state index contributed by atoms with van der Waals surface area (Å²) in [5.41, 5.74) is 1.73. The SMILES string of the molecule is C=CCc1ccccc1OCC#CCNC(=O)Nc1ccc(Cl)cc1. The zero-order valence-corrected chi connectivity index (χ0v) is 14.5. The molecule has 128 valence electrons. The average molecular weight is 355 g/mol. The number of halogens is 1. The molecule has 4 nitrogen and oxygen atoms in total. The predicted octanol–water partition coefficient (Wildman–Crippen LogP) is 4.27. The number of allylic oxidation sites excluding steroid dienone is 1. The van der Waals surface area contributed by atoms with Crippen molar-refractivity contribution >= 4 is 23.3 Å². The van der Waals surface area contributed by atoms with Crippen molar-refractivity contribution in [1.29, 1.82) is 0 Å². The van der Waals surface area contributed by atoms with Crippen LogP contribution in [0.3, 0.4) is 0 Å². The van der Waals surface area contributed by atoms with Crippen LogP contribution in [0.4, 0.5) is 10.5 Å². The number of carbonyl (C=O) groups excluding carboxylic acids is 1. The summed E-state index contributed by atoms with van der Waals surface area (Å²) in [6, 6.07) is 14.3. The molecule has 2 rings (SSSR count). The topological polar surface area (TPSA) is 50.4 Å². The first kappa shape index (κ1) is 18.4. The fraction of sp³-hybridized carbons (Fsp3) is 0.150. The first-order chi connectivity index (χ1) is 12.2. The second-order valence-electron chi connectivity index (χ2n) is 5.06. The molecule has 2 aromatic carbocycles. The van der Waals surface area contributed by atoms with E-state index in [0.29, 0.717) is 10.7 Å². The van der Waals surface area contributed by atoms with Gasteiger partial charge in [-0.1, -0.05) is 47.7 Å². The molecule has 25 heavy (non-hydrogen) atoms. The molecule has 0 spiro atoms. The lowest BCUT2D eigenvalue weighted by molar-refractivity contribution is 0.253. The molecule has 0 atom stereocenters. The fourth-order valence-corrected chi connectivity index (χ4v) is 2.16. The molecule has 0 unspecified atom stereocenters. The Balaban J connectivity index is 1.71. The van der Waals surface area contributed by atoms with Gasteiger partial charge in [-0.05, 0) is 42.3 Å². The first-order valence-corrected chi connectivity index (χ1v) is 8.14. The molecule has 0 aliphatic heterocycles. The van der Waals surface area contributed by atoms with Gasteiger partial charge in [-0.2, -0.15) is 0 Å². The highest BCUT2D eigenvalue weighted by atomic mass is 35.5. The Labute approximate surface area is 152 Å². The number of rotatable bonds is 6. The van der Waals surface area contributed by atoms with Crippen LogP contribution in [0.15, 0.2) is 61.2 Å². The van der Waals surface area contributed by atoms with E-state index in [4.69, 9.17) is 16.3 Å². The summed E-state index contributed by atoms with van der Waals surface area (Å²) >= 11 is 5.79. The standard InChI is InChI=1S/C20H19ClN2O2/c1-2-7-16-8-3-4-9-19(16)25-15-6-5-14-22-20(24)23-18-12-10-17(21)11-13-18/h2-4,8-13H,1,7,14-15H2,(H2,22,23,24). The van der Waals surface area contributed by atoms with Gasteiger partial charge in [-0.3, -0.25) is 0 Å². The molecule has 0 aliphatic carbocycles. The Bertz CT molecular complexity index is 776. The van der Waals surface area contributed by atoms with E-state index in [-0.39, 0.29) is 19.2 Å². The Morgan fingerprint density at radius 3 is 2.68 bits per heavy atom.